The van der Waals surface area contributed by atoms with Gasteiger partial charge in [0.2, 0.25) is 0 Å². The molecule has 1 heterocycles. The number of carbonyl (C=O) groups is 1. The number of hydrogen-bond acceptors (Lipinski definition) is 2. The van der Waals surface area contributed by atoms with Crippen molar-refractivity contribution in [2.75, 3.05) is 5.88 Å². The van der Waals surface area contributed by atoms with Gasteiger partial charge in [-0.25, -0.2) is 4.79 Å². The predicted octanol–water partition coefficient (Wildman–Crippen LogP) is 1.11. The third-order valence-corrected chi connectivity index (χ3v) is 1.91. The first kappa shape index (κ1) is 7.66. The Morgan fingerprint density at radius 2 is 2.50 bits per heavy atom. The normalized spacial score (nSPS) is 31.6. The van der Waals surface area contributed by atoms with Crippen LogP contribution >= 0.6 is 11.6 Å². The first-order valence-corrected chi connectivity index (χ1v) is 3.84. The molecule has 0 bridgehead atoms. The standard InChI is InChI=1S/C6H10ClNO2/c1-2-5-4(3-7)8-6(9)10-5/h4-5H,2-3H2,1H3,(H,8,9)/t4-,5-/m1/s1. The average Bonchev–Trinajstić information content (AvgIpc) is 2.30. The Morgan fingerprint density at radius 1 is 1.80 bits per heavy atom. The van der Waals surface area contributed by atoms with E-state index in [4.69, 9.17) is 16.3 Å². The summed E-state index contributed by atoms with van der Waals surface area (Å²) < 4.78 is 4.88. The summed E-state index contributed by atoms with van der Waals surface area (Å²) in [6.07, 6.45) is 0.429. The molecule has 1 aliphatic heterocycles. The van der Waals surface area contributed by atoms with Crippen LogP contribution in [0.2, 0.25) is 0 Å². The van der Waals surface area contributed by atoms with E-state index in [1.54, 1.807) is 0 Å². The summed E-state index contributed by atoms with van der Waals surface area (Å²) in [5, 5.41) is 2.61. The number of halogens is 1. The van der Waals surface area contributed by atoms with Gasteiger partial charge in [-0.2, -0.15) is 0 Å². The lowest BCUT2D eigenvalue weighted by molar-refractivity contribution is 0.131. The predicted molar refractivity (Wildman–Crippen MR) is 38.2 cm³/mol. The van der Waals surface area contributed by atoms with Gasteiger partial charge in [0, 0.05) is 5.88 Å². The van der Waals surface area contributed by atoms with E-state index in [0.717, 1.165) is 6.42 Å². The highest BCUT2D eigenvalue weighted by Gasteiger charge is 2.31. The SMILES string of the molecule is CC[C@H]1OC(=O)N[C@@H]1CCl. The minimum atomic E-state index is -0.350. The minimum Gasteiger partial charge on any atom is -0.444 e. The van der Waals surface area contributed by atoms with Crippen molar-refractivity contribution in [2.24, 2.45) is 0 Å². The van der Waals surface area contributed by atoms with Gasteiger partial charge in [0.1, 0.15) is 6.10 Å². The highest BCUT2D eigenvalue weighted by molar-refractivity contribution is 6.18. The molecule has 0 aromatic rings. The van der Waals surface area contributed by atoms with E-state index < -0.39 is 0 Å². The molecule has 0 unspecified atom stereocenters. The molecule has 1 saturated heterocycles. The molecule has 0 aliphatic carbocycles. The third kappa shape index (κ3) is 1.34. The minimum absolute atomic E-state index is 0.000772. The third-order valence-electron chi connectivity index (χ3n) is 1.58. The molecular weight excluding hydrogens is 154 g/mol. The number of carbonyl (C=O) groups excluding carboxylic acids is 1. The summed E-state index contributed by atoms with van der Waals surface area (Å²) in [5.74, 6) is 0.421. The molecule has 1 N–H and O–H groups in total. The lowest BCUT2D eigenvalue weighted by atomic mass is 10.1. The van der Waals surface area contributed by atoms with E-state index in [0.29, 0.717) is 5.88 Å². The molecule has 4 heteroatoms. The van der Waals surface area contributed by atoms with Crippen molar-refractivity contribution < 1.29 is 9.53 Å². The molecule has 0 saturated carbocycles. The number of alkyl carbamates (subject to hydrolysis) is 1. The highest BCUT2D eigenvalue weighted by Crippen LogP contribution is 2.12. The summed E-state index contributed by atoms with van der Waals surface area (Å²) >= 11 is 5.55. The summed E-state index contributed by atoms with van der Waals surface area (Å²) in [4.78, 5) is 10.6. The number of rotatable bonds is 2. The Balaban J connectivity index is 2.48. The Kier molecular flexibility index (Phi) is 2.38. The zero-order valence-corrected chi connectivity index (χ0v) is 6.52. The number of alkyl halides is 1. The molecule has 3 nitrogen and oxygen atoms in total. The topological polar surface area (TPSA) is 38.3 Å². The van der Waals surface area contributed by atoms with Gasteiger partial charge in [-0.3, -0.25) is 0 Å². The first-order valence-electron chi connectivity index (χ1n) is 3.31. The summed E-state index contributed by atoms with van der Waals surface area (Å²) in [6, 6.07) is -0.000772. The van der Waals surface area contributed by atoms with Crippen LogP contribution in [0.25, 0.3) is 0 Å². The molecule has 2 atom stereocenters. The van der Waals surface area contributed by atoms with Crippen LogP contribution in [0.3, 0.4) is 0 Å². The van der Waals surface area contributed by atoms with Crippen molar-refractivity contribution in [3.63, 3.8) is 0 Å². The molecule has 0 aromatic carbocycles. The molecule has 0 aromatic heterocycles. The van der Waals surface area contributed by atoms with Crippen molar-refractivity contribution in [3.05, 3.63) is 0 Å². The van der Waals surface area contributed by atoms with Crippen molar-refractivity contribution in [2.45, 2.75) is 25.5 Å². The van der Waals surface area contributed by atoms with Crippen molar-refractivity contribution >= 4 is 17.7 Å². The number of cyclic esters (lactones) is 1. The van der Waals surface area contributed by atoms with Gasteiger partial charge in [-0.05, 0) is 6.42 Å². The Labute approximate surface area is 64.7 Å². The second kappa shape index (κ2) is 3.10. The van der Waals surface area contributed by atoms with Crippen molar-refractivity contribution in [1.29, 1.82) is 0 Å². The van der Waals surface area contributed by atoms with Gasteiger partial charge in [0.25, 0.3) is 0 Å². The molecule has 1 amide bonds. The fraction of sp³-hybridized carbons (Fsp3) is 0.833. The maximum absolute atomic E-state index is 10.6. The van der Waals surface area contributed by atoms with E-state index in [9.17, 15) is 4.79 Å². The molecule has 1 fully saturated rings. The fourth-order valence-electron chi connectivity index (χ4n) is 1.00. The lowest BCUT2D eigenvalue weighted by Gasteiger charge is -2.10. The Morgan fingerprint density at radius 3 is 2.90 bits per heavy atom. The Bertz CT molecular complexity index is 126. The van der Waals surface area contributed by atoms with E-state index in [1.807, 2.05) is 6.92 Å². The van der Waals surface area contributed by atoms with Gasteiger partial charge in [0.15, 0.2) is 0 Å². The first-order chi connectivity index (χ1) is 4.77. The Hall–Kier alpha value is -0.440. The second-order valence-corrected chi connectivity index (χ2v) is 2.57. The summed E-state index contributed by atoms with van der Waals surface area (Å²) in [5.41, 5.74) is 0. The largest absolute Gasteiger partial charge is 0.444 e. The number of hydrogen-bond donors (Lipinski definition) is 1. The van der Waals surface area contributed by atoms with Crippen LogP contribution in [0.5, 0.6) is 0 Å². The van der Waals surface area contributed by atoms with Crippen LogP contribution in [-0.2, 0) is 4.74 Å². The highest BCUT2D eigenvalue weighted by atomic mass is 35.5. The van der Waals surface area contributed by atoms with Gasteiger partial charge in [0.05, 0.1) is 6.04 Å². The zero-order valence-electron chi connectivity index (χ0n) is 5.76. The fourth-order valence-corrected chi connectivity index (χ4v) is 1.28. The number of nitrogens with one attached hydrogen (secondary N) is 1. The van der Waals surface area contributed by atoms with Crippen molar-refractivity contribution in [3.8, 4) is 0 Å². The lowest BCUT2D eigenvalue weighted by Crippen LogP contribution is -2.32. The number of amides is 1. The smallest absolute Gasteiger partial charge is 0.407 e. The van der Waals surface area contributed by atoms with Crippen LogP contribution in [0.1, 0.15) is 13.3 Å². The van der Waals surface area contributed by atoms with Gasteiger partial charge >= 0.3 is 6.09 Å². The summed E-state index contributed by atoms with van der Waals surface area (Å²) in [7, 11) is 0. The molecule has 0 radical (unpaired) electrons. The second-order valence-electron chi connectivity index (χ2n) is 2.26. The average molecular weight is 164 g/mol. The van der Waals surface area contributed by atoms with E-state index in [-0.39, 0.29) is 18.2 Å². The van der Waals surface area contributed by atoms with E-state index >= 15 is 0 Å². The van der Waals surface area contributed by atoms with Crippen LogP contribution in [0.15, 0.2) is 0 Å². The van der Waals surface area contributed by atoms with Gasteiger partial charge in [-0.1, -0.05) is 6.92 Å². The van der Waals surface area contributed by atoms with Crippen LogP contribution in [0, 0.1) is 0 Å². The maximum Gasteiger partial charge on any atom is 0.407 e. The van der Waals surface area contributed by atoms with Crippen LogP contribution in [0.4, 0.5) is 4.79 Å². The molecule has 0 spiro atoms. The summed E-state index contributed by atoms with van der Waals surface area (Å²) in [6.45, 7) is 1.96. The quantitative estimate of drug-likeness (QED) is 0.620. The molecule has 10 heavy (non-hydrogen) atoms. The monoisotopic (exact) mass is 163 g/mol. The molecule has 58 valence electrons. The zero-order chi connectivity index (χ0) is 7.56. The maximum atomic E-state index is 10.6. The van der Waals surface area contributed by atoms with Gasteiger partial charge in [-0.15, -0.1) is 11.6 Å². The molecular formula is C6H10ClNO2. The van der Waals surface area contributed by atoms with E-state index in [1.165, 1.54) is 0 Å². The van der Waals surface area contributed by atoms with Gasteiger partial charge < -0.3 is 10.1 Å². The van der Waals surface area contributed by atoms with Crippen LogP contribution < -0.4 is 5.32 Å². The van der Waals surface area contributed by atoms with Crippen molar-refractivity contribution in [1.82, 2.24) is 5.32 Å². The molecule has 1 rings (SSSR count). The van der Waals surface area contributed by atoms with Crippen LogP contribution in [-0.4, -0.2) is 24.1 Å². The molecule has 1 aliphatic rings. The van der Waals surface area contributed by atoms with E-state index in [2.05, 4.69) is 5.32 Å². The number of ether oxygens (including phenoxy) is 1.